The van der Waals surface area contributed by atoms with Gasteiger partial charge < -0.3 is 9.26 Å². The summed E-state index contributed by atoms with van der Waals surface area (Å²) >= 11 is 0. The molecule has 0 bridgehead atoms. The third-order valence-corrected chi connectivity index (χ3v) is 6.04. The van der Waals surface area contributed by atoms with Crippen LogP contribution in [0.4, 0.5) is 0 Å². The van der Waals surface area contributed by atoms with Crippen molar-refractivity contribution in [2.45, 2.75) is 37.9 Å². The van der Waals surface area contributed by atoms with Crippen LogP contribution in [0.5, 0.6) is 0 Å². The van der Waals surface area contributed by atoms with Gasteiger partial charge in [0.25, 0.3) is 0 Å². The topological polar surface area (TPSA) is 72.6 Å². The monoisotopic (exact) mass is 336 g/mol. The van der Waals surface area contributed by atoms with Crippen LogP contribution in [0.2, 0.25) is 0 Å². The highest BCUT2D eigenvalue weighted by atomic mass is 32.2. The van der Waals surface area contributed by atoms with E-state index >= 15 is 0 Å². The highest BCUT2D eigenvalue weighted by molar-refractivity contribution is 7.89. The first-order valence-corrected chi connectivity index (χ1v) is 8.97. The van der Waals surface area contributed by atoms with Gasteiger partial charge in [0.2, 0.25) is 10.0 Å². The average Bonchev–Trinajstić information content (AvgIpc) is 2.87. The zero-order chi connectivity index (χ0) is 16.6. The summed E-state index contributed by atoms with van der Waals surface area (Å²) in [7, 11) is -3.66. The quantitative estimate of drug-likeness (QED) is 0.861. The second-order valence-electron chi connectivity index (χ2n) is 5.82. The summed E-state index contributed by atoms with van der Waals surface area (Å²) in [6, 6.07) is 9.66. The maximum Gasteiger partial charge on any atom is 0.248 e. The molecule has 0 spiro atoms. The first-order chi connectivity index (χ1) is 10.9. The molecular weight excluding hydrogens is 316 g/mol. The van der Waals surface area contributed by atoms with Crippen LogP contribution >= 0.6 is 0 Å². The molecule has 2 heterocycles. The van der Waals surface area contributed by atoms with Gasteiger partial charge in [-0.25, -0.2) is 8.42 Å². The van der Waals surface area contributed by atoms with E-state index in [1.54, 1.807) is 13.8 Å². The Balaban J connectivity index is 1.93. The van der Waals surface area contributed by atoms with Crippen LogP contribution in [0.25, 0.3) is 0 Å². The second kappa shape index (κ2) is 6.07. The summed E-state index contributed by atoms with van der Waals surface area (Å²) in [4.78, 5) is 0.165. The molecule has 1 aliphatic rings. The third-order valence-electron chi connectivity index (χ3n) is 3.96. The number of benzene rings is 1. The van der Waals surface area contributed by atoms with E-state index in [4.69, 9.17) is 9.26 Å². The Morgan fingerprint density at radius 1 is 1.17 bits per heavy atom. The molecule has 0 unspecified atom stereocenters. The Morgan fingerprint density at radius 3 is 2.48 bits per heavy atom. The molecule has 1 saturated heterocycles. The van der Waals surface area contributed by atoms with E-state index in [1.165, 1.54) is 4.31 Å². The lowest BCUT2D eigenvalue weighted by atomic mass is 10.1. The van der Waals surface area contributed by atoms with Crippen molar-refractivity contribution in [2.75, 3.05) is 13.1 Å². The van der Waals surface area contributed by atoms with Gasteiger partial charge in [0, 0.05) is 13.1 Å². The fraction of sp³-hybridized carbons (Fsp3) is 0.438. The Kier molecular flexibility index (Phi) is 4.27. The minimum atomic E-state index is -3.66. The minimum absolute atomic E-state index is 0.165. The van der Waals surface area contributed by atoms with Crippen molar-refractivity contribution in [3.63, 3.8) is 0 Å². The number of hydrogen-bond acceptors (Lipinski definition) is 5. The fourth-order valence-electron chi connectivity index (χ4n) is 2.93. The van der Waals surface area contributed by atoms with Gasteiger partial charge in [-0.05, 0) is 26.3 Å². The van der Waals surface area contributed by atoms with Crippen LogP contribution in [0.15, 0.2) is 39.8 Å². The molecular formula is C16H20N2O4S. The van der Waals surface area contributed by atoms with Gasteiger partial charge in [-0.15, -0.1) is 0 Å². The Morgan fingerprint density at radius 2 is 1.87 bits per heavy atom. The lowest BCUT2D eigenvalue weighted by Gasteiger charge is -2.36. The van der Waals surface area contributed by atoms with E-state index < -0.39 is 10.0 Å². The average molecular weight is 336 g/mol. The molecule has 2 aromatic rings. The number of ether oxygens (including phenoxy) is 1. The van der Waals surface area contributed by atoms with Crippen molar-refractivity contribution in [1.29, 1.82) is 0 Å². The predicted octanol–water partition coefficient (Wildman–Crippen LogP) is 2.44. The SMILES string of the molecule is Cc1noc(C)c1S(=O)(=O)N1C[C@@H](C)O[C@@H](c2ccccc2)C1. The molecule has 7 heteroatoms. The highest BCUT2D eigenvalue weighted by Gasteiger charge is 2.37. The first-order valence-electron chi connectivity index (χ1n) is 7.53. The molecule has 1 aliphatic heterocycles. The summed E-state index contributed by atoms with van der Waals surface area (Å²) in [6.07, 6.45) is -0.473. The van der Waals surface area contributed by atoms with Crippen LogP contribution < -0.4 is 0 Å². The van der Waals surface area contributed by atoms with E-state index in [9.17, 15) is 8.42 Å². The Hall–Kier alpha value is -1.70. The largest absolute Gasteiger partial charge is 0.368 e. The zero-order valence-electron chi connectivity index (χ0n) is 13.4. The molecule has 0 saturated carbocycles. The minimum Gasteiger partial charge on any atom is -0.368 e. The molecule has 0 N–H and O–H groups in total. The van der Waals surface area contributed by atoms with E-state index in [1.807, 2.05) is 37.3 Å². The van der Waals surface area contributed by atoms with Gasteiger partial charge >= 0.3 is 0 Å². The lowest BCUT2D eigenvalue weighted by Crippen LogP contribution is -2.46. The van der Waals surface area contributed by atoms with E-state index in [2.05, 4.69) is 5.16 Å². The second-order valence-corrected chi connectivity index (χ2v) is 7.70. The van der Waals surface area contributed by atoms with Crippen molar-refractivity contribution in [3.05, 3.63) is 47.3 Å². The van der Waals surface area contributed by atoms with Crippen molar-refractivity contribution in [3.8, 4) is 0 Å². The van der Waals surface area contributed by atoms with Gasteiger partial charge in [0.15, 0.2) is 5.76 Å². The molecule has 0 amide bonds. The van der Waals surface area contributed by atoms with Crippen molar-refractivity contribution in [1.82, 2.24) is 9.46 Å². The van der Waals surface area contributed by atoms with Crippen molar-refractivity contribution < 1.29 is 17.7 Å². The molecule has 23 heavy (non-hydrogen) atoms. The molecule has 1 aromatic heterocycles. The van der Waals surface area contributed by atoms with Crippen LogP contribution in [0.3, 0.4) is 0 Å². The van der Waals surface area contributed by atoms with Crippen molar-refractivity contribution >= 4 is 10.0 Å². The smallest absolute Gasteiger partial charge is 0.248 e. The van der Waals surface area contributed by atoms with Gasteiger partial charge in [0.05, 0.1) is 12.2 Å². The van der Waals surface area contributed by atoms with E-state index in [-0.39, 0.29) is 23.6 Å². The third kappa shape index (κ3) is 3.04. The molecule has 1 fully saturated rings. The standard InChI is InChI=1S/C16H20N2O4S/c1-11-9-18(10-15(21-11)14-7-5-4-6-8-14)23(19,20)16-12(2)17-22-13(16)3/h4-8,11,15H,9-10H2,1-3H3/t11-,15-/m1/s1. The van der Waals surface area contributed by atoms with Crippen LogP contribution in [0.1, 0.15) is 30.0 Å². The summed E-state index contributed by atoms with van der Waals surface area (Å²) in [5, 5.41) is 3.76. The Labute approximate surface area is 136 Å². The summed E-state index contributed by atoms with van der Waals surface area (Å²) in [5.74, 6) is 0.318. The molecule has 1 aromatic carbocycles. The number of morpholine rings is 1. The summed E-state index contributed by atoms with van der Waals surface area (Å²) in [5.41, 5.74) is 1.36. The zero-order valence-corrected chi connectivity index (χ0v) is 14.2. The highest BCUT2D eigenvalue weighted by Crippen LogP contribution is 2.31. The van der Waals surface area contributed by atoms with Gasteiger partial charge in [0.1, 0.15) is 10.6 Å². The first kappa shape index (κ1) is 16.2. The molecule has 124 valence electrons. The van der Waals surface area contributed by atoms with Crippen LogP contribution in [0, 0.1) is 13.8 Å². The van der Waals surface area contributed by atoms with E-state index in [0.29, 0.717) is 18.0 Å². The number of sulfonamides is 1. The van der Waals surface area contributed by atoms with Gasteiger partial charge in [-0.1, -0.05) is 35.5 Å². The van der Waals surface area contributed by atoms with Crippen LogP contribution in [-0.4, -0.2) is 37.1 Å². The van der Waals surface area contributed by atoms with Gasteiger partial charge in [-0.2, -0.15) is 4.31 Å². The van der Waals surface area contributed by atoms with Crippen LogP contribution in [-0.2, 0) is 14.8 Å². The maximum absolute atomic E-state index is 13.0. The fourth-order valence-corrected chi connectivity index (χ4v) is 4.74. The molecule has 0 aliphatic carbocycles. The predicted molar refractivity (Wildman–Crippen MR) is 84.5 cm³/mol. The number of hydrogen-bond donors (Lipinski definition) is 0. The number of nitrogens with zero attached hydrogens (tertiary/aromatic N) is 2. The number of aromatic nitrogens is 1. The lowest BCUT2D eigenvalue weighted by molar-refractivity contribution is -0.0557. The normalized spacial score (nSPS) is 23.1. The molecule has 3 rings (SSSR count). The molecule has 2 atom stereocenters. The summed E-state index contributed by atoms with van der Waals surface area (Å²) in [6.45, 7) is 5.73. The van der Waals surface area contributed by atoms with Gasteiger partial charge in [-0.3, -0.25) is 0 Å². The maximum atomic E-state index is 13.0. The summed E-state index contributed by atoms with van der Waals surface area (Å²) < 4.78 is 38.4. The molecule has 6 nitrogen and oxygen atoms in total. The van der Waals surface area contributed by atoms with E-state index in [0.717, 1.165) is 5.56 Å². The van der Waals surface area contributed by atoms with Crippen molar-refractivity contribution in [2.24, 2.45) is 0 Å². The number of rotatable bonds is 3. The Bertz CT molecular complexity index is 766. The molecule has 0 radical (unpaired) electrons. The number of aryl methyl sites for hydroxylation is 2.